The maximum atomic E-state index is 12.9. The Kier molecular flexibility index (Phi) is 6.86. The average Bonchev–Trinajstić information content (AvgIpc) is 3.64. The van der Waals surface area contributed by atoms with E-state index in [2.05, 4.69) is 17.0 Å². The lowest BCUT2D eigenvalue weighted by molar-refractivity contribution is 0.0635. The summed E-state index contributed by atoms with van der Waals surface area (Å²) in [5, 5.41) is 2.84. The van der Waals surface area contributed by atoms with Crippen LogP contribution < -0.4 is 10.0 Å². The van der Waals surface area contributed by atoms with Gasteiger partial charge in [-0.25, -0.2) is 13.1 Å². The van der Waals surface area contributed by atoms with Crippen molar-refractivity contribution in [3.05, 3.63) is 59.2 Å². The highest BCUT2D eigenvalue weighted by Gasteiger charge is 2.26. The summed E-state index contributed by atoms with van der Waals surface area (Å²) in [7, 11) is -3.66. The molecule has 33 heavy (non-hydrogen) atoms. The minimum Gasteiger partial charge on any atom is -0.336 e. The normalized spacial score (nSPS) is 18.7. The Morgan fingerprint density at radius 1 is 1.03 bits per heavy atom. The first-order chi connectivity index (χ1) is 15.7. The summed E-state index contributed by atoms with van der Waals surface area (Å²) in [4.78, 5) is 27.7. The smallest absolute Gasteiger partial charge is 0.255 e. The molecule has 1 atom stereocenters. The number of hydrogen-bond acceptors (Lipinski definition) is 4. The van der Waals surface area contributed by atoms with Crippen LogP contribution in [-0.4, -0.2) is 44.3 Å². The van der Waals surface area contributed by atoms with E-state index < -0.39 is 15.9 Å². The molecule has 1 unspecified atom stereocenters. The van der Waals surface area contributed by atoms with Crippen molar-refractivity contribution in [2.45, 2.75) is 56.9 Å². The fraction of sp³-hybridized carbons (Fsp3) is 0.440. The highest BCUT2D eigenvalue weighted by Crippen LogP contribution is 2.28. The third-order valence-corrected chi connectivity index (χ3v) is 7.87. The second kappa shape index (κ2) is 9.65. The van der Waals surface area contributed by atoms with Gasteiger partial charge >= 0.3 is 0 Å². The summed E-state index contributed by atoms with van der Waals surface area (Å²) in [5.74, 6) is 0.0306. The number of anilines is 1. The van der Waals surface area contributed by atoms with Crippen LogP contribution in [0.4, 0.5) is 5.69 Å². The number of amides is 2. The van der Waals surface area contributed by atoms with Gasteiger partial charge in [0.25, 0.3) is 11.8 Å². The van der Waals surface area contributed by atoms with Crippen molar-refractivity contribution in [2.75, 3.05) is 18.4 Å². The molecule has 0 spiro atoms. The van der Waals surface area contributed by atoms with Gasteiger partial charge in [-0.15, -0.1) is 0 Å². The molecule has 7 nitrogen and oxygen atoms in total. The van der Waals surface area contributed by atoms with Gasteiger partial charge in [0.2, 0.25) is 10.0 Å². The Morgan fingerprint density at radius 3 is 2.52 bits per heavy atom. The van der Waals surface area contributed by atoms with E-state index in [0.29, 0.717) is 23.7 Å². The van der Waals surface area contributed by atoms with Crippen LogP contribution in [0.5, 0.6) is 0 Å². The van der Waals surface area contributed by atoms with E-state index in [4.69, 9.17) is 0 Å². The number of benzene rings is 2. The lowest BCUT2D eigenvalue weighted by atomic mass is 10.0. The van der Waals surface area contributed by atoms with Crippen molar-refractivity contribution >= 4 is 27.5 Å². The van der Waals surface area contributed by atoms with Crippen molar-refractivity contribution in [3.8, 4) is 0 Å². The summed E-state index contributed by atoms with van der Waals surface area (Å²) in [6.45, 7) is 5.12. The van der Waals surface area contributed by atoms with Gasteiger partial charge in [0.05, 0.1) is 4.90 Å². The van der Waals surface area contributed by atoms with Gasteiger partial charge in [-0.1, -0.05) is 6.07 Å². The maximum Gasteiger partial charge on any atom is 0.255 e. The Morgan fingerprint density at radius 2 is 1.82 bits per heavy atom. The summed E-state index contributed by atoms with van der Waals surface area (Å²) in [6.07, 6.45) is 5.28. The van der Waals surface area contributed by atoms with E-state index in [-0.39, 0.29) is 22.4 Å². The van der Waals surface area contributed by atoms with Crippen molar-refractivity contribution in [1.82, 2.24) is 9.62 Å². The monoisotopic (exact) mass is 469 g/mol. The molecular weight excluding hydrogens is 438 g/mol. The molecule has 176 valence electrons. The van der Waals surface area contributed by atoms with E-state index in [0.717, 1.165) is 44.2 Å². The molecule has 2 aliphatic rings. The fourth-order valence-corrected chi connectivity index (χ4v) is 5.30. The van der Waals surface area contributed by atoms with Crippen LogP contribution in [0.2, 0.25) is 0 Å². The Bertz CT molecular complexity index is 1160. The number of sulfonamides is 1. The Labute approximate surface area is 195 Å². The minimum atomic E-state index is -3.66. The van der Waals surface area contributed by atoms with Crippen LogP contribution in [0.1, 0.15) is 65.3 Å². The van der Waals surface area contributed by atoms with Crippen LogP contribution in [0.15, 0.2) is 47.4 Å². The van der Waals surface area contributed by atoms with Crippen LogP contribution >= 0.6 is 0 Å². The SMILES string of the molecule is Cc1cc(C(=O)N2CCCCC2C)ccc1NC(=O)c1cccc(S(=O)(=O)NCC2CC2)c1. The predicted molar refractivity (Wildman–Crippen MR) is 128 cm³/mol. The molecule has 1 saturated carbocycles. The van der Waals surface area contributed by atoms with Crippen molar-refractivity contribution in [3.63, 3.8) is 0 Å². The number of aryl methyl sites for hydroxylation is 1. The summed E-state index contributed by atoms with van der Waals surface area (Å²) in [6, 6.07) is 11.5. The number of carbonyl (C=O) groups is 2. The van der Waals surface area contributed by atoms with Gasteiger partial charge in [-0.05, 0) is 93.8 Å². The Hall–Kier alpha value is -2.71. The molecule has 0 aromatic heterocycles. The topological polar surface area (TPSA) is 95.6 Å². The van der Waals surface area contributed by atoms with E-state index in [1.54, 1.807) is 30.3 Å². The van der Waals surface area contributed by atoms with E-state index >= 15 is 0 Å². The zero-order chi connectivity index (χ0) is 23.6. The number of carbonyl (C=O) groups excluding carboxylic acids is 2. The first-order valence-corrected chi connectivity index (χ1v) is 13.1. The molecule has 8 heteroatoms. The molecule has 1 aliphatic carbocycles. The fourth-order valence-electron chi connectivity index (χ4n) is 4.13. The van der Waals surface area contributed by atoms with Crippen molar-refractivity contribution in [2.24, 2.45) is 5.92 Å². The summed E-state index contributed by atoms with van der Waals surface area (Å²) in [5.41, 5.74) is 2.22. The molecule has 2 amide bonds. The van der Waals surface area contributed by atoms with Crippen LogP contribution in [-0.2, 0) is 10.0 Å². The molecule has 2 aromatic rings. The molecular formula is C25H31N3O4S. The lowest BCUT2D eigenvalue weighted by Crippen LogP contribution is -2.42. The van der Waals surface area contributed by atoms with E-state index in [1.807, 2.05) is 11.8 Å². The molecule has 2 aromatic carbocycles. The van der Waals surface area contributed by atoms with Crippen LogP contribution in [0, 0.1) is 12.8 Å². The lowest BCUT2D eigenvalue weighted by Gasteiger charge is -2.33. The summed E-state index contributed by atoms with van der Waals surface area (Å²) >= 11 is 0. The third kappa shape index (κ3) is 5.62. The van der Waals surface area contributed by atoms with Gasteiger partial charge in [-0.3, -0.25) is 9.59 Å². The molecule has 0 radical (unpaired) electrons. The molecule has 0 bridgehead atoms. The second-order valence-corrected chi connectivity index (χ2v) is 10.9. The Balaban J connectivity index is 1.45. The van der Waals surface area contributed by atoms with E-state index in [1.165, 1.54) is 12.1 Å². The minimum absolute atomic E-state index is 0.0137. The van der Waals surface area contributed by atoms with Gasteiger partial charge in [0, 0.05) is 35.9 Å². The number of rotatable bonds is 7. The third-order valence-electron chi connectivity index (χ3n) is 6.45. The second-order valence-electron chi connectivity index (χ2n) is 9.15. The van der Waals surface area contributed by atoms with Crippen LogP contribution in [0.3, 0.4) is 0 Å². The first kappa shape index (κ1) is 23.4. The number of likely N-dealkylation sites (tertiary alicyclic amines) is 1. The maximum absolute atomic E-state index is 12.9. The van der Waals surface area contributed by atoms with Gasteiger partial charge in [0.15, 0.2) is 0 Å². The first-order valence-electron chi connectivity index (χ1n) is 11.6. The number of nitrogens with one attached hydrogen (secondary N) is 2. The van der Waals surface area contributed by atoms with Gasteiger partial charge in [-0.2, -0.15) is 0 Å². The zero-order valence-corrected chi connectivity index (χ0v) is 20.0. The number of nitrogens with zero attached hydrogens (tertiary/aromatic N) is 1. The molecule has 2 N–H and O–H groups in total. The largest absolute Gasteiger partial charge is 0.336 e. The quantitative estimate of drug-likeness (QED) is 0.642. The van der Waals surface area contributed by atoms with Crippen molar-refractivity contribution < 1.29 is 18.0 Å². The molecule has 4 rings (SSSR count). The highest BCUT2D eigenvalue weighted by atomic mass is 32.2. The van der Waals surface area contributed by atoms with Crippen LogP contribution in [0.25, 0.3) is 0 Å². The molecule has 1 aliphatic heterocycles. The predicted octanol–water partition coefficient (Wildman–Crippen LogP) is 3.95. The molecule has 2 fully saturated rings. The van der Waals surface area contributed by atoms with Gasteiger partial charge in [0.1, 0.15) is 0 Å². The molecule has 1 heterocycles. The van der Waals surface area contributed by atoms with Gasteiger partial charge < -0.3 is 10.2 Å². The standard InChI is InChI=1S/C25H31N3O4S/c1-17-14-21(25(30)28-13-4-3-6-18(28)2)11-12-23(17)27-24(29)20-7-5-8-22(15-20)33(31,32)26-16-19-9-10-19/h5,7-8,11-12,14-15,18-19,26H,3-4,6,9-10,13,16H2,1-2H3,(H,27,29). The molecule has 1 saturated heterocycles. The van der Waals surface area contributed by atoms with Crippen molar-refractivity contribution in [1.29, 1.82) is 0 Å². The zero-order valence-electron chi connectivity index (χ0n) is 19.1. The average molecular weight is 470 g/mol. The van der Waals surface area contributed by atoms with E-state index in [9.17, 15) is 18.0 Å². The number of hydrogen-bond donors (Lipinski definition) is 2. The summed E-state index contributed by atoms with van der Waals surface area (Å²) < 4.78 is 27.7. The highest BCUT2D eigenvalue weighted by molar-refractivity contribution is 7.89. The number of piperidine rings is 1.